The van der Waals surface area contributed by atoms with E-state index in [1.807, 2.05) is 80.0 Å². The number of aryl methyl sites for hydroxylation is 3. The lowest BCUT2D eigenvalue weighted by molar-refractivity contribution is 0.102. The maximum Gasteiger partial charge on any atom is 0.255 e. The number of nitrogens with zero attached hydrogens (tertiary/aromatic N) is 2. The molecule has 2 aromatic carbocycles. The van der Waals surface area contributed by atoms with Crippen LogP contribution >= 0.6 is 0 Å². The number of pyridine rings is 1. The first kappa shape index (κ1) is 18.7. The van der Waals surface area contributed by atoms with Gasteiger partial charge in [0.2, 0.25) is 0 Å². The molecule has 2 heterocycles. The van der Waals surface area contributed by atoms with E-state index in [2.05, 4.69) is 10.3 Å². The molecule has 0 fully saturated rings. The molecule has 5 nitrogen and oxygen atoms in total. The van der Waals surface area contributed by atoms with Crippen molar-refractivity contribution >= 4 is 17.2 Å². The summed E-state index contributed by atoms with van der Waals surface area (Å²) in [5, 5.41) is 3.01. The van der Waals surface area contributed by atoms with Crippen molar-refractivity contribution in [1.29, 1.82) is 0 Å². The molecule has 0 unspecified atom stereocenters. The molecule has 4 rings (SSSR count). The molecule has 146 valence electrons. The molecule has 0 saturated carbocycles. The first-order valence-electron chi connectivity index (χ1n) is 9.55. The molecule has 0 spiro atoms. The summed E-state index contributed by atoms with van der Waals surface area (Å²) in [6.45, 7) is 6.34. The minimum absolute atomic E-state index is 0.156. The zero-order chi connectivity index (χ0) is 20.4. The number of para-hydroxylation sites is 1. The number of anilines is 1. The smallest absolute Gasteiger partial charge is 0.255 e. The average molecular weight is 385 g/mol. The van der Waals surface area contributed by atoms with Crippen LogP contribution in [0.25, 0.3) is 5.65 Å². The normalized spacial score (nSPS) is 10.9. The second-order valence-corrected chi connectivity index (χ2v) is 7.19. The van der Waals surface area contributed by atoms with Crippen molar-refractivity contribution in [3.05, 3.63) is 94.9 Å². The van der Waals surface area contributed by atoms with Crippen LogP contribution in [0.1, 0.15) is 32.7 Å². The fourth-order valence-corrected chi connectivity index (χ4v) is 3.36. The van der Waals surface area contributed by atoms with Crippen LogP contribution in [0.2, 0.25) is 0 Å². The predicted molar refractivity (Wildman–Crippen MR) is 115 cm³/mol. The number of carbonyl (C=O) groups excluding carboxylic acids is 1. The summed E-state index contributed by atoms with van der Waals surface area (Å²) in [7, 11) is 0. The van der Waals surface area contributed by atoms with Crippen LogP contribution in [0.4, 0.5) is 5.69 Å². The van der Waals surface area contributed by atoms with Crippen LogP contribution in [-0.4, -0.2) is 15.3 Å². The molecule has 2 aromatic heterocycles. The number of aromatic nitrogens is 2. The van der Waals surface area contributed by atoms with Gasteiger partial charge in [-0.05, 0) is 61.7 Å². The number of ether oxygens (including phenoxy) is 1. The highest BCUT2D eigenvalue weighted by atomic mass is 16.5. The van der Waals surface area contributed by atoms with Crippen molar-refractivity contribution < 1.29 is 9.53 Å². The number of nitrogens with one attached hydrogen (secondary N) is 1. The molecule has 0 saturated heterocycles. The van der Waals surface area contributed by atoms with Gasteiger partial charge in [-0.3, -0.25) is 4.79 Å². The maximum atomic E-state index is 12.7. The Labute approximate surface area is 170 Å². The highest BCUT2D eigenvalue weighted by molar-refractivity contribution is 6.05. The molecule has 5 heteroatoms. The minimum Gasteiger partial charge on any atom is -0.487 e. The van der Waals surface area contributed by atoms with E-state index in [0.29, 0.717) is 17.9 Å². The standard InChI is InChI=1S/C24H23N3O2/c1-16-7-4-8-17(2)22(16)26-24(28)19-10-5-11-21(13-19)29-15-20-14-27-12-6-9-18(3)23(27)25-20/h4-14H,15H2,1-3H3,(H,26,28). The van der Waals surface area contributed by atoms with Crippen LogP contribution in [-0.2, 0) is 6.61 Å². The Morgan fingerprint density at radius 3 is 2.48 bits per heavy atom. The summed E-state index contributed by atoms with van der Waals surface area (Å²) >= 11 is 0. The van der Waals surface area contributed by atoms with Gasteiger partial charge < -0.3 is 14.5 Å². The summed E-state index contributed by atoms with van der Waals surface area (Å²) in [6.07, 6.45) is 3.93. The van der Waals surface area contributed by atoms with Gasteiger partial charge in [0, 0.05) is 23.6 Å². The van der Waals surface area contributed by atoms with Crippen LogP contribution in [0.3, 0.4) is 0 Å². The Morgan fingerprint density at radius 1 is 1.00 bits per heavy atom. The molecule has 0 bridgehead atoms. The van der Waals surface area contributed by atoms with E-state index >= 15 is 0 Å². The highest BCUT2D eigenvalue weighted by Crippen LogP contribution is 2.22. The number of fused-ring (bicyclic) bond motifs is 1. The number of hydrogen-bond donors (Lipinski definition) is 1. The Kier molecular flexibility index (Phi) is 5.04. The SMILES string of the molecule is Cc1cccc(C)c1NC(=O)c1cccc(OCc2cn3cccc(C)c3n2)c1. The molecule has 0 aliphatic heterocycles. The topological polar surface area (TPSA) is 55.6 Å². The average Bonchev–Trinajstić information content (AvgIpc) is 3.14. The van der Waals surface area contributed by atoms with Crippen molar-refractivity contribution in [2.24, 2.45) is 0 Å². The molecule has 1 amide bonds. The quantitative estimate of drug-likeness (QED) is 0.520. The van der Waals surface area contributed by atoms with Gasteiger partial charge in [0.25, 0.3) is 5.91 Å². The molecule has 0 radical (unpaired) electrons. The van der Waals surface area contributed by atoms with Gasteiger partial charge in [0.15, 0.2) is 0 Å². The number of imidazole rings is 1. The van der Waals surface area contributed by atoms with Crippen LogP contribution in [0, 0.1) is 20.8 Å². The Morgan fingerprint density at radius 2 is 1.72 bits per heavy atom. The zero-order valence-electron chi connectivity index (χ0n) is 16.8. The van der Waals surface area contributed by atoms with Crippen LogP contribution in [0.15, 0.2) is 67.0 Å². The fraction of sp³-hybridized carbons (Fsp3) is 0.167. The van der Waals surface area contributed by atoms with E-state index in [1.165, 1.54) is 0 Å². The molecule has 4 aromatic rings. The molecular formula is C24H23N3O2. The van der Waals surface area contributed by atoms with Gasteiger partial charge in [0.1, 0.15) is 18.0 Å². The zero-order valence-corrected chi connectivity index (χ0v) is 16.8. The van der Waals surface area contributed by atoms with E-state index in [0.717, 1.165) is 33.7 Å². The van der Waals surface area contributed by atoms with E-state index < -0.39 is 0 Å². The number of amides is 1. The Balaban J connectivity index is 1.48. The molecule has 0 atom stereocenters. The third-order valence-corrected chi connectivity index (χ3v) is 4.93. The summed E-state index contributed by atoms with van der Waals surface area (Å²) < 4.78 is 7.88. The second-order valence-electron chi connectivity index (χ2n) is 7.19. The Hall–Kier alpha value is -3.60. The largest absolute Gasteiger partial charge is 0.487 e. The first-order chi connectivity index (χ1) is 14.0. The summed E-state index contributed by atoms with van der Waals surface area (Å²) in [6, 6.07) is 17.2. The van der Waals surface area contributed by atoms with Gasteiger partial charge >= 0.3 is 0 Å². The Bertz CT molecular complexity index is 1170. The van der Waals surface area contributed by atoms with Crippen molar-refractivity contribution in [2.45, 2.75) is 27.4 Å². The number of hydrogen-bond acceptors (Lipinski definition) is 3. The third-order valence-electron chi connectivity index (χ3n) is 4.93. The van der Waals surface area contributed by atoms with E-state index in [4.69, 9.17) is 4.74 Å². The lowest BCUT2D eigenvalue weighted by Crippen LogP contribution is -2.13. The maximum absolute atomic E-state index is 12.7. The molecular weight excluding hydrogens is 362 g/mol. The lowest BCUT2D eigenvalue weighted by atomic mass is 10.1. The van der Waals surface area contributed by atoms with E-state index in [1.54, 1.807) is 12.1 Å². The molecule has 29 heavy (non-hydrogen) atoms. The van der Waals surface area contributed by atoms with Gasteiger partial charge in [-0.15, -0.1) is 0 Å². The summed E-state index contributed by atoms with van der Waals surface area (Å²) in [5.41, 5.74) is 6.35. The second kappa shape index (κ2) is 7.80. The number of benzene rings is 2. The lowest BCUT2D eigenvalue weighted by Gasteiger charge is -2.12. The van der Waals surface area contributed by atoms with Crippen LogP contribution in [0.5, 0.6) is 5.75 Å². The summed E-state index contributed by atoms with van der Waals surface area (Å²) in [4.78, 5) is 17.3. The van der Waals surface area contributed by atoms with Crippen molar-refractivity contribution in [3.63, 3.8) is 0 Å². The van der Waals surface area contributed by atoms with Gasteiger partial charge in [-0.2, -0.15) is 0 Å². The van der Waals surface area contributed by atoms with Crippen molar-refractivity contribution in [3.8, 4) is 5.75 Å². The minimum atomic E-state index is -0.156. The predicted octanol–water partition coefficient (Wildman–Crippen LogP) is 5.09. The molecule has 1 N–H and O–H groups in total. The van der Waals surface area contributed by atoms with Gasteiger partial charge in [-0.25, -0.2) is 4.98 Å². The van der Waals surface area contributed by atoms with Gasteiger partial charge in [-0.1, -0.05) is 30.3 Å². The van der Waals surface area contributed by atoms with Crippen molar-refractivity contribution in [2.75, 3.05) is 5.32 Å². The highest BCUT2D eigenvalue weighted by Gasteiger charge is 2.11. The fourth-order valence-electron chi connectivity index (χ4n) is 3.36. The van der Waals surface area contributed by atoms with Gasteiger partial charge in [0.05, 0.1) is 5.69 Å². The molecule has 0 aliphatic rings. The van der Waals surface area contributed by atoms with Crippen LogP contribution < -0.4 is 10.1 Å². The summed E-state index contributed by atoms with van der Waals surface area (Å²) in [5.74, 6) is 0.476. The number of rotatable bonds is 5. The third kappa shape index (κ3) is 3.99. The molecule has 0 aliphatic carbocycles. The number of carbonyl (C=O) groups is 1. The van der Waals surface area contributed by atoms with E-state index in [9.17, 15) is 4.79 Å². The monoisotopic (exact) mass is 385 g/mol. The van der Waals surface area contributed by atoms with E-state index in [-0.39, 0.29) is 5.91 Å². The first-order valence-corrected chi connectivity index (χ1v) is 9.55. The van der Waals surface area contributed by atoms with Crippen molar-refractivity contribution in [1.82, 2.24) is 9.38 Å².